The number of methoxy groups -OCH3 is 1. The van der Waals surface area contributed by atoms with Gasteiger partial charge in [0.15, 0.2) is 11.3 Å². The van der Waals surface area contributed by atoms with Crippen molar-refractivity contribution in [2.45, 2.75) is 79.8 Å². The number of aliphatic hydroxyl groups excluding tert-OH is 1. The molecule has 0 bridgehead atoms. The normalized spacial score (nSPS) is 16.0. The van der Waals surface area contributed by atoms with Crippen molar-refractivity contribution in [2.24, 2.45) is 11.8 Å². The molecule has 0 radical (unpaired) electrons. The highest BCUT2D eigenvalue weighted by Crippen LogP contribution is 2.21. The Morgan fingerprint density at radius 2 is 1.96 bits per heavy atom. The van der Waals surface area contributed by atoms with Crippen molar-refractivity contribution in [2.75, 3.05) is 7.11 Å². The summed E-state index contributed by atoms with van der Waals surface area (Å²) >= 11 is 0. The summed E-state index contributed by atoms with van der Waals surface area (Å²) in [5.74, 6) is 1.26. The van der Waals surface area contributed by atoms with Crippen molar-refractivity contribution in [3.63, 3.8) is 0 Å². The van der Waals surface area contributed by atoms with Crippen molar-refractivity contribution in [3.8, 4) is 5.88 Å². The number of ether oxygens (including phenoxy) is 1. The minimum absolute atomic E-state index is 0.0310. The number of nitrogens with one attached hydrogen (secondary N) is 1. The summed E-state index contributed by atoms with van der Waals surface area (Å²) in [6, 6.07) is 1.51. The molecule has 0 spiro atoms. The first-order valence-electron chi connectivity index (χ1n) is 10.4. The second kappa shape index (κ2) is 11.9. The zero-order valence-corrected chi connectivity index (χ0v) is 18.8. The minimum Gasteiger partial charge on any atom is -0.482 e. The third kappa shape index (κ3) is 7.67. The van der Waals surface area contributed by atoms with Gasteiger partial charge in [-0.05, 0) is 64.9 Å². The predicted octanol–water partition coefficient (Wildman–Crippen LogP) is 5.34. The molecule has 0 aromatic carbocycles. The highest BCUT2D eigenvalue weighted by atomic mass is 16.5. The molecule has 1 unspecified atom stereocenters. The molecule has 1 heterocycles. The first-order valence-corrected chi connectivity index (χ1v) is 10.4. The minimum atomic E-state index is -0.396. The van der Waals surface area contributed by atoms with E-state index in [-0.39, 0.29) is 11.3 Å². The van der Waals surface area contributed by atoms with Crippen molar-refractivity contribution < 1.29 is 9.84 Å². The molecule has 28 heavy (non-hydrogen) atoms. The number of H-pyrrole nitrogens is 1. The van der Waals surface area contributed by atoms with Gasteiger partial charge in [-0.3, -0.25) is 4.79 Å². The maximum Gasteiger partial charge on any atom is 0.194 e. The molecule has 4 nitrogen and oxygen atoms in total. The van der Waals surface area contributed by atoms with Crippen molar-refractivity contribution in [1.82, 2.24) is 4.98 Å². The Kier molecular flexibility index (Phi) is 10.3. The molecule has 0 fully saturated rings. The van der Waals surface area contributed by atoms with E-state index >= 15 is 0 Å². The van der Waals surface area contributed by atoms with E-state index in [1.807, 2.05) is 26.8 Å². The van der Waals surface area contributed by atoms with Gasteiger partial charge in [0.25, 0.3) is 0 Å². The van der Waals surface area contributed by atoms with Crippen LogP contribution in [0.25, 0.3) is 0 Å². The average molecular weight is 390 g/mol. The van der Waals surface area contributed by atoms with Gasteiger partial charge < -0.3 is 14.8 Å². The number of aliphatic hydroxyl groups is 1. The Labute approximate surface area is 170 Å². The van der Waals surface area contributed by atoms with Gasteiger partial charge in [-0.25, -0.2) is 0 Å². The van der Waals surface area contributed by atoms with Gasteiger partial charge in [0.05, 0.1) is 13.2 Å². The third-order valence-electron chi connectivity index (χ3n) is 5.70. The van der Waals surface area contributed by atoms with Gasteiger partial charge >= 0.3 is 0 Å². The number of pyridine rings is 1. The van der Waals surface area contributed by atoms with Crippen molar-refractivity contribution in [3.05, 3.63) is 50.8 Å². The van der Waals surface area contributed by atoms with Gasteiger partial charge in [-0.15, -0.1) is 0 Å². The third-order valence-corrected chi connectivity index (χ3v) is 5.70. The topological polar surface area (TPSA) is 62.3 Å². The van der Waals surface area contributed by atoms with E-state index < -0.39 is 6.10 Å². The molecule has 1 aromatic heterocycles. The molecule has 1 rings (SSSR count). The van der Waals surface area contributed by atoms with Crippen LogP contribution in [0, 0.1) is 18.8 Å². The molecule has 1 aromatic rings. The Hall–Kier alpha value is -1.81. The molecule has 4 heteroatoms. The molecule has 0 amide bonds. The predicted molar refractivity (Wildman–Crippen MR) is 118 cm³/mol. The molecular weight excluding hydrogens is 350 g/mol. The number of aromatic amines is 1. The highest BCUT2D eigenvalue weighted by molar-refractivity contribution is 5.25. The summed E-state index contributed by atoms with van der Waals surface area (Å²) in [5, 5.41) is 10.3. The van der Waals surface area contributed by atoms with Gasteiger partial charge in [0.2, 0.25) is 0 Å². The van der Waals surface area contributed by atoms with Crippen LogP contribution >= 0.6 is 0 Å². The smallest absolute Gasteiger partial charge is 0.194 e. The molecule has 0 aliphatic carbocycles. The number of aromatic nitrogens is 1. The molecule has 158 valence electrons. The number of rotatable bonds is 11. The van der Waals surface area contributed by atoms with Gasteiger partial charge in [0.1, 0.15) is 0 Å². The van der Waals surface area contributed by atoms with Gasteiger partial charge in [-0.1, -0.05) is 38.0 Å². The van der Waals surface area contributed by atoms with Crippen LogP contribution in [0.15, 0.2) is 34.2 Å². The fourth-order valence-electron chi connectivity index (χ4n) is 3.49. The Bertz CT molecular complexity index is 730. The zero-order chi connectivity index (χ0) is 21.3. The second-order valence-electron chi connectivity index (χ2n) is 8.19. The lowest BCUT2D eigenvalue weighted by atomic mass is 9.93. The molecule has 0 aliphatic heterocycles. The number of aryl methyl sites for hydroxylation is 1. The first kappa shape index (κ1) is 24.2. The monoisotopic (exact) mass is 389 g/mol. The maximum atomic E-state index is 12.0. The Balaban J connectivity index is 2.47. The SMILES string of the molecule is C/C=C(\C)[C@H](O)[C@H](C)/C=C(\C)CCCC(C)CCc1[nH]c(OC)cc(=O)c1C. The van der Waals surface area contributed by atoms with Crippen LogP contribution in [0.4, 0.5) is 0 Å². The summed E-state index contributed by atoms with van der Waals surface area (Å²) in [6.45, 7) is 12.3. The first-order chi connectivity index (χ1) is 13.2. The fraction of sp³-hybridized carbons (Fsp3) is 0.625. The van der Waals surface area contributed by atoms with Crippen LogP contribution in [0.5, 0.6) is 5.88 Å². The molecule has 0 saturated heterocycles. The van der Waals surface area contributed by atoms with E-state index in [9.17, 15) is 9.90 Å². The largest absolute Gasteiger partial charge is 0.482 e. The number of allylic oxidation sites excluding steroid dienone is 2. The molecule has 0 aliphatic rings. The van der Waals surface area contributed by atoms with Gasteiger partial charge in [-0.2, -0.15) is 0 Å². The van der Waals surface area contributed by atoms with Crippen LogP contribution < -0.4 is 10.2 Å². The van der Waals surface area contributed by atoms with E-state index in [2.05, 4.69) is 31.8 Å². The number of hydrogen-bond donors (Lipinski definition) is 2. The summed E-state index contributed by atoms with van der Waals surface area (Å²) in [5.41, 5.74) is 4.17. The lowest BCUT2D eigenvalue weighted by Gasteiger charge is -2.17. The highest BCUT2D eigenvalue weighted by Gasteiger charge is 2.13. The van der Waals surface area contributed by atoms with E-state index in [0.717, 1.165) is 48.9 Å². The molecule has 3 atom stereocenters. The molecule has 0 saturated carbocycles. The lowest BCUT2D eigenvalue weighted by Crippen LogP contribution is -2.17. The fourth-order valence-corrected chi connectivity index (χ4v) is 3.49. The van der Waals surface area contributed by atoms with E-state index in [0.29, 0.717) is 11.8 Å². The summed E-state index contributed by atoms with van der Waals surface area (Å²) < 4.78 is 5.18. The maximum absolute atomic E-state index is 12.0. The van der Waals surface area contributed by atoms with Crippen LogP contribution in [0.1, 0.15) is 71.6 Å². The summed E-state index contributed by atoms with van der Waals surface area (Å²) in [4.78, 5) is 15.2. The summed E-state index contributed by atoms with van der Waals surface area (Å²) in [7, 11) is 1.57. The van der Waals surface area contributed by atoms with E-state index in [1.165, 1.54) is 11.6 Å². The van der Waals surface area contributed by atoms with Crippen LogP contribution in [-0.2, 0) is 6.42 Å². The average Bonchev–Trinajstić information content (AvgIpc) is 2.67. The standard InChI is InChI=1S/C24H39NO3/c1-8-18(4)24(27)19(5)14-17(3)11-9-10-16(2)12-13-21-20(6)22(26)15-23(25-21)28-7/h8,14-16,19,24,27H,9-13H2,1-7H3,(H,25,26)/b17-14+,18-8+/t16?,19-,24+/m1/s1. The van der Waals surface area contributed by atoms with Crippen LogP contribution in [0.2, 0.25) is 0 Å². The Morgan fingerprint density at radius 3 is 2.57 bits per heavy atom. The van der Waals surface area contributed by atoms with Crippen LogP contribution in [0.3, 0.4) is 0 Å². The van der Waals surface area contributed by atoms with Crippen molar-refractivity contribution in [1.29, 1.82) is 0 Å². The van der Waals surface area contributed by atoms with E-state index in [4.69, 9.17) is 4.74 Å². The summed E-state index contributed by atoms with van der Waals surface area (Å²) in [6.07, 6.45) is 9.04. The lowest BCUT2D eigenvalue weighted by molar-refractivity contribution is 0.172. The van der Waals surface area contributed by atoms with E-state index in [1.54, 1.807) is 7.11 Å². The molecular formula is C24H39NO3. The zero-order valence-electron chi connectivity index (χ0n) is 18.8. The number of hydrogen-bond acceptors (Lipinski definition) is 3. The quantitative estimate of drug-likeness (QED) is 0.502. The van der Waals surface area contributed by atoms with Gasteiger partial charge in [0, 0.05) is 23.2 Å². The van der Waals surface area contributed by atoms with Crippen molar-refractivity contribution >= 4 is 0 Å². The molecule has 2 N–H and O–H groups in total. The Morgan fingerprint density at radius 1 is 1.29 bits per heavy atom. The second-order valence-corrected chi connectivity index (χ2v) is 8.19. The van der Waals surface area contributed by atoms with Crippen LogP contribution in [-0.4, -0.2) is 23.3 Å².